The maximum absolute atomic E-state index is 12.0. The van der Waals surface area contributed by atoms with Crippen LogP contribution in [0.25, 0.3) is 11.0 Å². The van der Waals surface area contributed by atoms with Crippen LogP contribution in [0, 0.1) is 0 Å². The SMILES string of the molecule is CCCc1cc(=O)oc2c(C[NH+]3CCCC[C@@H]3CC)c(O)ccc12. The van der Waals surface area contributed by atoms with E-state index in [4.69, 9.17) is 4.42 Å². The summed E-state index contributed by atoms with van der Waals surface area (Å²) >= 11 is 0. The van der Waals surface area contributed by atoms with Crippen molar-refractivity contribution in [2.45, 2.75) is 65.0 Å². The molecule has 0 saturated carbocycles. The molecule has 1 aliphatic rings. The summed E-state index contributed by atoms with van der Waals surface area (Å²) in [5, 5.41) is 11.4. The molecular weight excluding hydrogens is 302 g/mol. The van der Waals surface area contributed by atoms with E-state index in [0.717, 1.165) is 48.9 Å². The third kappa shape index (κ3) is 3.34. The fourth-order valence-electron chi connectivity index (χ4n) is 4.09. The topological polar surface area (TPSA) is 54.9 Å². The number of rotatable bonds is 5. The highest BCUT2D eigenvalue weighted by Crippen LogP contribution is 2.28. The molecule has 2 atom stereocenters. The lowest BCUT2D eigenvalue weighted by Gasteiger charge is -2.32. The molecule has 1 aromatic heterocycles. The van der Waals surface area contributed by atoms with Gasteiger partial charge >= 0.3 is 5.63 Å². The van der Waals surface area contributed by atoms with Crippen molar-refractivity contribution in [2.24, 2.45) is 0 Å². The van der Waals surface area contributed by atoms with Crippen molar-refractivity contribution in [3.05, 3.63) is 39.7 Å². The van der Waals surface area contributed by atoms with E-state index in [2.05, 4.69) is 13.8 Å². The highest BCUT2D eigenvalue weighted by atomic mass is 16.4. The van der Waals surface area contributed by atoms with Gasteiger partial charge in [0.05, 0.1) is 18.2 Å². The summed E-state index contributed by atoms with van der Waals surface area (Å²) in [6.07, 6.45) is 6.72. The van der Waals surface area contributed by atoms with Gasteiger partial charge in [-0.2, -0.15) is 0 Å². The molecule has 24 heavy (non-hydrogen) atoms. The minimum Gasteiger partial charge on any atom is -0.507 e. The van der Waals surface area contributed by atoms with E-state index < -0.39 is 0 Å². The van der Waals surface area contributed by atoms with Gasteiger partial charge in [-0.3, -0.25) is 0 Å². The van der Waals surface area contributed by atoms with Crippen molar-refractivity contribution in [3.63, 3.8) is 0 Å². The highest BCUT2D eigenvalue weighted by Gasteiger charge is 2.27. The number of hydrogen-bond acceptors (Lipinski definition) is 3. The Morgan fingerprint density at radius 1 is 1.29 bits per heavy atom. The summed E-state index contributed by atoms with van der Waals surface area (Å²) in [7, 11) is 0. The molecular formula is C20H28NO3+. The van der Waals surface area contributed by atoms with Crippen molar-refractivity contribution in [1.29, 1.82) is 0 Å². The van der Waals surface area contributed by atoms with Crippen LogP contribution >= 0.6 is 0 Å². The van der Waals surface area contributed by atoms with Gasteiger partial charge in [0.15, 0.2) is 5.58 Å². The van der Waals surface area contributed by atoms with Gasteiger partial charge in [0.1, 0.15) is 12.3 Å². The van der Waals surface area contributed by atoms with Gasteiger partial charge < -0.3 is 14.4 Å². The Morgan fingerprint density at radius 3 is 2.88 bits per heavy atom. The van der Waals surface area contributed by atoms with E-state index in [1.807, 2.05) is 6.07 Å². The molecule has 1 unspecified atom stereocenters. The van der Waals surface area contributed by atoms with Crippen molar-refractivity contribution in [2.75, 3.05) is 6.54 Å². The van der Waals surface area contributed by atoms with Gasteiger partial charge in [0, 0.05) is 11.5 Å². The number of hydrogen-bond donors (Lipinski definition) is 2. The lowest BCUT2D eigenvalue weighted by atomic mass is 9.97. The Kier molecular flexibility index (Phi) is 5.24. The van der Waals surface area contributed by atoms with Crippen molar-refractivity contribution < 1.29 is 14.4 Å². The summed E-state index contributed by atoms with van der Waals surface area (Å²) in [5.41, 5.74) is 2.07. The zero-order valence-electron chi connectivity index (χ0n) is 14.7. The summed E-state index contributed by atoms with van der Waals surface area (Å²) in [4.78, 5) is 13.5. The van der Waals surface area contributed by atoms with Gasteiger partial charge in [0.2, 0.25) is 0 Å². The number of quaternary nitrogens is 1. The summed E-state index contributed by atoms with van der Waals surface area (Å²) < 4.78 is 5.54. The zero-order chi connectivity index (χ0) is 17.1. The molecule has 0 bridgehead atoms. The summed E-state index contributed by atoms with van der Waals surface area (Å²) in [5.74, 6) is 0.243. The van der Waals surface area contributed by atoms with Gasteiger partial charge in [-0.15, -0.1) is 0 Å². The van der Waals surface area contributed by atoms with Crippen LogP contribution in [-0.4, -0.2) is 17.7 Å². The first-order valence-corrected chi connectivity index (χ1v) is 9.26. The van der Waals surface area contributed by atoms with Crippen LogP contribution in [0.15, 0.2) is 27.4 Å². The van der Waals surface area contributed by atoms with Crippen LogP contribution in [0.3, 0.4) is 0 Å². The predicted molar refractivity (Wildman–Crippen MR) is 95.6 cm³/mol. The van der Waals surface area contributed by atoms with Crippen LogP contribution in [0.1, 0.15) is 57.1 Å². The zero-order valence-corrected chi connectivity index (χ0v) is 14.7. The fourth-order valence-corrected chi connectivity index (χ4v) is 4.09. The van der Waals surface area contributed by atoms with E-state index >= 15 is 0 Å². The lowest BCUT2D eigenvalue weighted by Crippen LogP contribution is -3.15. The van der Waals surface area contributed by atoms with Crippen molar-refractivity contribution in [3.8, 4) is 5.75 Å². The Hall–Kier alpha value is -1.81. The second-order valence-electron chi connectivity index (χ2n) is 6.97. The number of nitrogens with one attached hydrogen (secondary N) is 1. The number of piperidine rings is 1. The highest BCUT2D eigenvalue weighted by molar-refractivity contribution is 5.85. The average molecular weight is 330 g/mol. The average Bonchev–Trinajstić information content (AvgIpc) is 2.58. The molecule has 1 saturated heterocycles. The third-order valence-corrected chi connectivity index (χ3v) is 5.37. The fraction of sp³-hybridized carbons (Fsp3) is 0.550. The molecule has 0 amide bonds. The van der Waals surface area contributed by atoms with Crippen LogP contribution < -0.4 is 10.5 Å². The first kappa shape index (κ1) is 17.0. The molecule has 1 aliphatic heterocycles. The molecule has 3 rings (SSSR count). The number of phenols is 1. The third-order valence-electron chi connectivity index (χ3n) is 5.37. The van der Waals surface area contributed by atoms with Gasteiger partial charge in [-0.25, -0.2) is 4.79 Å². The van der Waals surface area contributed by atoms with Crippen LogP contribution in [0.2, 0.25) is 0 Å². The number of likely N-dealkylation sites (tertiary alicyclic amines) is 1. The molecule has 2 N–H and O–H groups in total. The van der Waals surface area contributed by atoms with E-state index in [-0.39, 0.29) is 11.4 Å². The molecule has 1 fully saturated rings. The Morgan fingerprint density at radius 2 is 2.12 bits per heavy atom. The monoisotopic (exact) mass is 330 g/mol. The van der Waals surface area contributed by atoms with Crippen LogP contribution in [0.4, 0.5) is 0 Å². The first-order chi connectivity index (χ1) is 11.6. The normalized spacial score (nSPS) is 21.2. The number of fused-ring (bicyclic) bond motifs is 1. The van der Waals surface area contributed by atoms with E-state index in [9.17, 15) is 9.90 Å². The first-order valence-electron chi connectivity index (χ1n) is 9.26. The molecule has 0 radical (unpaired) electrons. The lowest BCUT2D eigenvalue weighted by molar-refractivity contribution is -0.944. The molecule has 0 spiro atoms. The summed E-state index contributed by atoms with van der Waals surface area (Å²) in [6, 6.07) is 5.85. The second kappa shape index (κ2) is 7.39. The number of aryl methyl sites for hydroxylation is 1. The van der Waals surface area contributed by atoms with Gasteiger partial charge in [-0.1, -0.05) is 20.3 Å². The van der Waals surface area contributed by atoms with Crippen molar-refractivity contribution in [1.82, 2.24) is 0 Å². The van der Waals surface area contributed by atoms with E-state index in [1.165, 1.54) is 24.2 Å². The molecule has 0 aliphatic carbocycles. The second-order valence-corrected chi connectivity index (χ2v) is 6.97. The Balaban J connectivity index is 2.06. The molecule has 4 nitrogen and oxygen atoms in total. The quantitative estimate of drug-likeness (QED) is 0.829. The van der Waals surface area contributed by atoms with E-state index in [0.29, 0.717) is 11.6 Å². The number of phenolic OH excluding ortho intramolecular Hbond substituents is 1. The Labute approximate surface area is 143 Å². The predicted octanol–water partition coefficient (Wildman–Crippen LogP) is 2.80. The largest absolute Gasteiger partial charge is 0.507 e. The smallest absolute Gasteiger partial charge is 0.336 e. The number of aromatic hydroxyl groups is 1. The maximum atomic E-state index is 12.0. The molecule has 4 heteroatoms. The molecule has 130 valence electrons. The maximum Gasteiger partial charge on any atom is 0.336 e. The molecule has 2 aromatic rings. The van der Waals surface area contributed by atoms with Gasteiger partial charge in [-0.05, 0) is 49.8 Å². The van der Waals surface area contributed by atoms with Crippen LogP contribution in [0.5, 0.6) is 5.75 Å². The standard InChI is InChI=1S/C20H27NO3/c1-3-7-14-12-19(23)24-20-16(14)9-10-18(22)17(20)13-21-11-6-5-8-15(21)4-2/h9-10,12,15,22H,3-8,11,13H2,1-2H3/p+1/t15-/m0/s1. The Bertz CT molecular complexity index is 765. The minimum absolute atomic E-state index is 0.243. The van der Waals surface area contributed by atoms with Crippen molar-refractivity contribution >= 4 is 11.0 Å². The number of benzene rings is 1. The van der Waals surface area contributed by atoms with E-state index in [1.54, 1.807) is 12.1 Å². The summed E-state index contributed by atoms with van der Waals surface area (Å²) in [6.45, 7) is 6.18. The van der Waals surface area contributed by atoms with Gasteiger partial charge in [0.25, 0.3) is 0 Å². The molecule has 2 heterocycles. The van der Waals surface area contributed by atoms with Crippen LogP contribution in [-0.2, 0) is 13.0 Å². The molecule has 1 aromatic carbocycles. The minimum atomic E-state index is -0.321.